The minimum Gasteiger partial charge on any atom is -0.506 e. The molecular weight excluding hydrogens is 443 g/mol. The molecule has 0 aliphatic carbocycles. The number of hydrogen-bond donors (Lipinski definition) is 1. The van der Waals surface area contributed by atoms with Gasteiger partial charge in [0.2, 0.25) is 0 Å². The van der Waals surface area contributed by atoms with Gasteiger partial charge in [-0.1, -0.05) is 29.3 Å². The Kier molecular flexibility index (Phi) is 7.50. The fraction of sp³-hybridized carbons (Fsp3) is 0.263. The second-order valence-corrected chi connectivity index (χ2v) is 7.25. The second kappa shape index (κ2) is 9.40. The Bertz CT molecular complexity index is 816. The van der Waals surface area contributed by atoms with Gasteiger partial charge in [0.15, 0.2) is 5.78 Å². The maximum absolute atomic E-state index is 12.4. The van der Waals surface area contributed by atoms with Gasteiger partial charge < -0.3 is 9.84 Å². The lowest BCUT2D eigenvalue weighted by Gasteiger charge is -2.11. The van der Waals surface area contributed by atoms with Crippen molar-refractivity contribution in [1.29, 1.82) is 0 Å². The lowest BCUT2D eigenvalue weighted by atomic mass is 9.98. The van der Waals surface area contributed by atoms with Crippen LogP contribution in [0.2, 0.25) is 10.0 Å². The Morgan fingerprint density at radius 1 is 1.15 bits per heavy atom. The number of aromatic hydroxyl groups is 1. The van der Waals surface area contributed by atoms with Gasteiger partial charge in [0.25, 0.3) is 0 Å². The average Bonchev–Trinajstić information content (AvgIpc) is 2.59. The Morgan fingerprint density at radius 3 is 2.42 bits per heavy atom. The molecule has 138 valence electrons. The molecule has 2 rings (SSSR count). The Morgan fingerprint density at radius 2 is 1.81 bits per heavy atom. The van der Waals surface area contributed by atoms with E-state index >= 15 is 0 Å². The van der Waals surface area contributed by atoms with E-state index < -0.39 is 5.97 Å². The molecule has 2 aromatic rings. The molecule has 0 spiro atoms. The second-order valence-electron chi connectivity index (χ2n) is 5.58. The van der Waals surface area contributed by atoms with Crippen LogP contribution in [0.5, 0.6) is 5.75 Å². The van der Waals surface area contributed by atoms with Crippen molar-refractivity contribution in [2.45, 2.75) is 26.2 Å². The number of ketones is 1. The van der Waals surface area contributed by atoms with Crippen LogP contribution in [0.1, 0.15) is 41.3 Å². The number of carbonyl (C=O) groups is 2. The highest BCUT2D eigenvalue weighted by Gasteiger charge is 2.18. The van der Waals surface area contributed by atoms with Crippen LogP contribution in [0.25, 0.3) is 0 Å². The summed E-state index contributed by atoms with van der Waals surface area (Å²) in [5.41, 5.74) is 1.63. The normalized spacial score (nSPS) is 10.6. The molecule has 0 saturated carbocycles. The summed E-state index contributed by atoms with van der Waals surface area (Å²) in [6, 6.07) is 8.53. The molecule has 26 heavy (non-hydrogen) atoms. The Labute approximate surface area is 170 Å². The third-order valence-corrected chi connectivity index (χ3v) is 5.04. The largest absolute Gasteiger partial charge is 0.506 e. The number of carbonyl (C=O) groups excluding carboxylic acids is 2. The SMILES string of the molecule is CCOC(=O)CCC(=O)c1cc(Cc2c(Cl)cccc2Cl)cc(Br)c1O. The summed E-state index contributed by atoms with van der Waals surface area (Å²) in [7, 11) is 0. The van der Waals surface area contributed by atoms with Crippen molar-refractivity contribution in [2.75, 3.05) is 6.61 Å². The molecule has 0 radical (unpaired) electrons. The van der Waals surface area contributed by atoms with Crippen LogP contribution >= 0.6 is 39.1 Å². The number of ether oxygens (including phenoxy) is 1. The maximum atomic E-state index is 12.4. The third kappa shape index (κ3) is 5.22. The lowest BCUT2D eigenvalue weighted by Crippen LogP contribution is -2.08. The molecule has 0 bridgehead atoms. The van der Waals surface area contributed by atoms with Gasteiger partial charge in [0.05, 0.1) is 23.1 Å². The zero-order chi connectivity index (χ0) is 19.3. The molecule has 0 aliphatic rings. The summed E-state index contributed by atoms with van der Waals surface area (Å²) in [4.78, 5) is 23.9. The number of halogens is 3. The predicted molar refractivity (Wildman–Crippen MR) is 105 cm³/mol. The topological polar surface area (TPSA) is 63.6 Å². The van der Waals surface area contributed by atoms with Gasteiger partial charge in [-0.25, -0.2) is 0 Å². The number of phenolic OH excluding ortho intramolecular Hbond substituents is 1. The molecular formula is C19H17BrCl2O4. The van der Waals surface area contributed by atoms with Gasteiger partial charge in [-0.2, -0.15) is 0 Å². The monoisotopic (exact) mass is 458 g/mol. The van der Waals surface area contributed by atoms with Crippen molar-refractivity contribution in [3.05, 3.63) is 61.5 Å². The van der Waals surface area contributed by atoms with E-state index in [-0.39, 0.29) is 36.5 Å². The minimum atomic E-state index is -0.446. The summed E-state index contributed by atoms with van der Waals surface area (Å²) in [5.74, 6) is -0.949. The van der Waals surface area contributed by atoms with E-state index in [0.29, 0.717) is 20.9 Å². The molecule has 0 aromatic heterocycles. The third-order valence-electron chi connectivity index (χ3n) is 3.73. The maximum Gasteiger partial charge on any atom is 0.306 e. The minimum absolute atomic E-state index is 0.0374. The summed E-state index contributed by atoms with van der Waals surface area (Å²) in [5, 5.41) is 11.3. The molecule has 1 N–H and O–H groups in total. The quantitative estimate of drug-likeness (QED) is 0.433. The van der Waals surface area contributed by atoms with Gasteiger partial charge in [-0.15, -0.1) is 0 Å². The summed E-state index contributed by atoms with van der Waals surface area (Å²) < 4.78 is 5.21. The number of phenols is 1. The van der Waals surface area contributed by atoms with Gasteiger partial charge >= 0.3 is 5.97 Å². The van der Waals surface area contributed by atoms with E-state index in [9.17, 15) is 14.7 Å². The highest BCUT2D eigenvalue weighted by atomic mass is 79.9. The van der Waals surface area contributed by atoms with Gasteiger partial charge in [0.1, 0.15) is 5.75 Å². The van der Waals surface area contributed by atoms with Crippen LogP contribution in [0.3, 0.4) is 0 Å². The van der Waals surface area contributed by atoms with Gasteiger partial charge in [-0.3, -0.25) is 9.59 Å². The number of esters is 1. The van der Waals surface area contributed by atoms with E-state index in [0.717, 1.165) is 11.1 Å². The molecule has 0 unspecified atom stereocenters. The van der Waals surface area contributed by atoms with Crippen molar-refractivity contribution in [3.8, 4) is 5.75 Å². The first-order valence-corrected chi connectivity index (χ1v) is 9.51. The van der Waals surface area contributed by atoms with Crippen LogP contribution in [0.15, 0.2) is 34.8 Å². The first-order valence-electron chi connectivity index (χ1n) is 7.96. The predicted octanol–water partition coefficient (Wildman–Crippen LogP) is 5.58. The molecule has 7 heteroatoms. The van der Waals surface area contributed by atoms with Crippen molar-refractivity contribution in [2.24, 2.45) is 0 Å². The Hall–Kier alpha value is -1.56. The van der Waals surface area contributed by atoms with Gasteiger partial charge in [0, 0.05) is 22.9 Å². The summed E-state index contributed by atoms with van der Waals surface area (Å²) in [6.07, 6.45) is 0.314. The van der Waals surface area contributed by atoms with Crippen molar-refractivity contribution in [1.82, 2.24) is 0 Å². The Balaban J connectivity index is 2.26. The van der Waals surface area contributed by atoms with E-state index in [4.69, 9.17) is 27.9 Å². The van der Waals surface area contributed by atoms with Crippen LogP contribution in [0, 0.1) is 0 Å². The number of Topliss-reactive ketones (excluding diaryl/α,β-unsaturated/α-hetero) is 1. The first kappa shape index (κ1) is 20.7. The molecule has 4 nitrogen and oxygen atoms in total. The van der Waals surface area contributed by atoms with E-state index in [2.05, 4.69) is 15.9 Å². The van der Waals surface area contributed by atoms with E-state index in [1.54, 1.807) is 37.3 Å². The molecule has 0 saturated heterocycles. The molecule has 0 amide bonds. The highest BCUT2D eigenvalue weighted by molar-refractivity contribution is 9.10. The molecule has 0 atom stereocenters. The van der Waals surface area contributed by atoms with Crippen molar-refractivity contribution in [3.63, 3.8) is 0 Å². The average molecular weight is 460 g/mol. The van der Waals surface area contributed by atoms with Crippen LogP contribution in [0.4, 0.5) is 0 Å². The zero-order valence-electron chi connectivity index (χ0n) is 14.0. The summed E-state index contributed by atoms with van der Waals surface area (Å²) >= 11 is 15.7. The van der Waals surface area contributed by atoms with E-state index in [1.807, 2.05) is 0 Å². The fourth-order valence-corrected chi connectivity index (χ4v) is 3.50. The molecule has 2 aromatic carbocycles. The highest BCUT2D eigenvalue weighted by Crippen LogP contribution is 2.33. The molecule has 0 aliphatic heterocycles. The first-order chi connectivity index (χ1) is 12.3. The number of benzene rings is 2. The molecule has 0 heterocycles. The van der Waals surface area contributed by atoms with E-state index in [1.165, 1.54) is 0 Å². The standard InChI is InChI=1S/C19H17BrCl2O4/c1-2-26-18(24)7-6-17(23)13-9-11(10-14(20)19(13)25)8-12-15(21)4-3-5-16(12)22/h3-5,9-10,25H,2,6-8H2,1H3. The summed E-state index contributed by atoms with van der Waals surface area (Å²) in [6.45, 7) is 1.96. The zero-order valence-corrected chi connectivity index (χ0v) is 17.1. The lowest BCUT2D eigenvalue weighted by molar-refractivity contribution is -0.143. The van der Waals surface area contributed by atoms with Crippen LogP contribution in [-0.4, -0.2) is 23.5 Å². The molecule has 0 fully saturated rings. The van der Waals surface area contributed by atoms with Crippen LogP contribution in [-0.2, 0) is 16.0 Å². The van der Waals surface area contributed by atoms with Crippen molar-refractivity contribution >= 4 is 50.9 Å². The van der Waals surface area contributed by atoms with Gasteiger partial charge in [-0.05, 0) is 58.2 Å². The van der Waals surface area contributed by atoms with Crippen molar-refractivity contribution < 1.29 is 19.4 Å². The fourth-order valence-electron chi connectivity index (χ4n) is 2.46. The number of rotatable bonds is 7. The van der Waals surface area contributed by atoms with Crippen LogP contribution < -0.4 is 0 Å². The number of hydrogen-bond acceptors (Lipinski definition) is 4. The smallest absolute Gasteiger partial charge is 0.306 e.